The summed E-state index contributed by atoms with van der Waals surface area (Å²) in [5.74, 6) is 0.364. The zero-order valence-electron chi connectivity index (χ0n) is 8.72. The molecule has 0 saturated heterocycles. The highest BCUT2D eigenvalue weighted by Gasteiger charge is 2.00. The molecule has 0 unspecified atom stereocenters. The van der Waals surface area contributed by atoms with Crippen LogP contribution in [0.5, 0.6) is 11.5 Å². The van der Waals surface area contributed by atoms with Crippen molar-refractivity contribution in [2.24, 2.45) is 0 Å². The van der Waals surface area contributed by atoms with Gasteiger partial charge in [0.05, 0.1) is 5.69 Å². The molecule has 0 spiro atoms. The summed E-state index contributed by atoms with van der Waals surface area (Å²) in [6, 6.07) is 12.2. The van der Waals surface area contributed by atoms with E-state index in [1.54, 1.807) is 24.3 Å². The summed E-state index contributed by atoms with van der Waals surface area (Å²) < 4.78 is 0. The summed E-state index contributed by atoms with van der Waals surface area (Å²) in [4.78, 5) is 0. The predicted octanol–water partition coefficient (Wildman–Crippen LogP) is 2.27. The van der Waals surface area contributed by atoms with Gasteiger partial charge in [-0.1, -0.05) is 18.2 Å². The molecule has 0 amide bonds. The van der Waals surface area contributed by atoms with Crippen LogP contribution < -0.4 is 5.73 Å². The molecule has 4 N–H and O–H groups in total. The summed E-state index contributed by atoms with van der Waals surface area (Å²) in [7, 11) is 0. The fraction of sp³-hybridized carbons (Fsp3) is 0.0769. The highest BCUT2D eigenvalue weighted by molar-refractivity contribution is 5.53. The van der Waals surface area contributed by atoms with Crippen molar-refractivity contribution in [3.63, 3.8) is 0 Å². The predicted molar refractivity (Wildman–Crippen MR) is 63.4 cm³/mol. The second-order valence-electron chi connectivity index (χ2n) is 3.74. The Hall–Kier alpha value is -2.16. The van der Waals surface area contributed by atoms with Crippen LogP contribution >= 0.6 is 0 Å². The van der Waals surface area contributed by atoms with Gasteiger partial charge in [0.2, 0.25) is 0 Å². The number of nitrogens with two attached hydrogens (primary N) is 1. The average Bonchev–Trinajstić information content (AvgIpc) is 2.27. The number of anilines is 1. The van der Waals surface area contributed by atoms with Crippen molar-refractivity contribution in [3.8, 4) is 11.5 Å². The molecule has 3 heteroatoms. The number of nitrogen functional groups attached to an aromatic ring is 1. The smallest absolute Gasteiger partial charge is 0.138 e. The van der Waals surface area contributed by atoms with Crippen LogP contribution in [0.2, 0.25) is 0 Å². The maximum Gasteiger partial charge on any atom is 0.138 e. The van der Waals surface area contributed by atoms with Gasteiger partial charge in [-0.05, 0) is 41.8 Å². The van der Waals surface area contributed by atoms with E-state index in [9.17, 15) is 5.11 Å². The minimum absolute atomic E-state index is 0.106. The topological polar surface area (TPSA) is 66.5 Å². The second kappa shape index (κ2) is 4.14. The summed E-state index contributed by atoms with van der Waals surface area (Å²) >= 11 is 0. The van der Waals surface area contributed by atoms with Crippen LogP contribution in [0.15, 0.2) is 42.5 Å². The molecule has 2 aromatic rings. The van der Waals surface area contributed by atoms with Crippen molar-refractivity contribution in [1.29, 1.82) is 0 Å². The van der Waals surface area contributed by atoms with Crippen LogP contribution in [-0.4, -0.2) is 10.2 Å². The normalized spacial score (nSPS) is 10.2. The third-order valence-electron chi connectivity index (χ3n) is 2.44. The molecule has 0 saturated carbocycles. The lowest BCUT2D eigenvalue weighted by Crippen LogP contribution is -1.91. The lowest BCUT2D eigenvalue weighted by Gasteiger charge is -2.04. The first-order chi connectivity index (χ1) is 7.65. The van der Waals surface area contributed by atoms with E-state index < -0.39 is 0 Å². The minimum Gasteiger partial charge on any atom is -0.508 e. The molecule has 2 rings (SSSR count). The lowest BCUT2D eigenvalue weighted by molar-refractivity contribution is 0.475. The fourth-order valence-electron chi connectivity index (χ4n) is 1.56. The molecule has 0 aromatic heterocycles. The molecule has 0 bridgehead atoms. The van der Waals surface area contributed by atoms with Crippen molar-refractivity contribution < 1.29 is 10.2 Å². The second-order valence-corrected chi connectivity index (χ2v) is 3.74. The van der Waals surface area contributed by atoms with Gasteiger partial charge < -0.3 is 15.9 Å². The zero-order valence-corrected chi connectivity index (χ0v) is 8.72. The molecule has 0 radical (unpaired) electrons. The third kappa shape index (κ3) is 2.25. The fourth-order valence-corrected chi connectivity index (χ4v) is 1.56. The first-order valence-corrected chi connectivity index (χ1v) is 5.00. The molecule has 3 nitrogen and oxygen atoms in total. The van der Waals surface area contributed by atoms with Crippen LogP contribution in [0.4, 0.5) is 5.69 Å². The molecule has 0 atom stereocenters. The first-order valence-electron chi connectivity index (χ1n) is 5.00. The number of phenolic OH excluding ortho intramolecular Hbond substituents is 2. The van der Waals surface area contributed by atoms with Gasteiger partial charge in [0.15, 0.2) is 0 Å². The number of hydrogen-bond donors (Lipinski definition) is 3. The summed E-state index contributed by atoms with van der Waals surface area (Å²) in [5, 5.41) is 18.4. The minimum atomic E-state index is 0.106. The molecular formula is C13H13NO2. The number of aromatic hydroxyl groups is 2. The van der Waals surface area contributed by atoms with Crippen molar-refractivity contribution >= 4 is 5.69 Å². The molecule has 16 heavy (non-hydrogen) atoms. The molecule has 2 aromatic carbocycles. The number of benzene rings is 2. The Morgan fingerprint density at radius 1 is 0.875 bits per heavy atom. The van der Waals surface area contributed by atoms with Crippen molar-refractivity contribution in [2.45, 2.75) is 6.42 Å². The highest BCUT2D eigenvalue weighted by Crippen LogP contribution is 2.22. The van der Waals surface area contributed by atoms with Gasteiger partial charge in [-0.25, -0.2) is 0 Å². The summed E-state index contributed by atoms with van der Waals surface area (Å²) in [6.07, 6.45) is 0.727. The summed E-state index contributed by atoms with van der Waals surface area (Å²) in [5.41, 5.74) is 8.11. The standard InChI is InChI=1S/C13H13NO2/c14-12-8-10(3-6-13(12)16)7-9-1-4-11(15)5-2-9/h1-6,8,15-16H,7,14H2. The van der Waals surface area contributed by atoms with E-state index in [2.05, 4.69) is 0 Å². The van der Waals surface area contributed by atoms with Crippen LogP contribution in [0, 0.1) is 0 Å². The first kappa shape index (κ1) is 10.4. The molecular weight excluding hydrogens is 202 g/mol. The van der Waals surface area contributed by atoms with E-state index in [0.717, 1.165) is 17.5 Å². The number of rotatable bonds is 2. The van der Waals surface area contributed by atoms with Crippen LogP contribution in [0.25, 0.3) is 0 Å². The van der Waals surface area contributed by atoms with Crippen LogP contribution in [-0.2, 0) is 6.42 Å². The Kier molecular flexibility index (Phi) is 2.68. The van der Waals surface area contributed by atoms with Gasteiger partial charge in [0.25, 0.3) is 0 Å². The average molecular weight is 215 g/mol. The zero-order chi connectivity index (χ0) is 11.5. The quantitative estimate of drug-likeness (QED) is 0.531. The van der Waals surface area contributed by atoms with Crippen LogP contribution in [0.3, 0.4) is 0 Å². The van der Waals surface area contributed by atoms with Gasteiger partial charge >= 0.3 is 0 Å². The van der Waals surface area contributed by atoms with E-state index >= 15 is 0 Å². The Labute approximate surface area is 93.8 Å². The van der Waals surface area contributed by atoms with E-state index in [1.807, 2.05) is 18.2 Å². The van der Waals surface area contributed by atoms with E-state index in [-0.39, 0.29) is 11.5 Å². The van der Waals surface area contributed by atoms with Crippen molar-refractivity contribution in [3.05, 3.63) is 53.6 Å². The van der Waals surface area contributed by atoms with Gasteiger partial charge in [0.1, 0.15) is 11.5 Å². The maximum atomic E-state index is 9.29. The Morgan fingerprint density at radius 2 is 1.50 bits per heavy atom. The van der Waals surface area contributed by atoms with E-state index in [0.29, 0.717) is 5.69 Å². The van der Waals surface area contributed by atoms with Crippen LogP contribution in [0.1, 0.15) is 11.1 Å². The Morgan fingerprint density at radius 3 is 2.12 bits per heavy atom. The molecule has 0 aliphatic rings. The highest BCUT2D eigenvalue weighted by atomic mass is 16.3. The molecule has 0 fully saturated rings. The monoisotopic (exact) mass is 215 g/mol. The Bertz CT molecular complexity index is 492. The third-order valence-corrected chi connectivity index (χ3v) is 2.44. The van der Waals surface area contributed by atoms with Crippen molar-refractivity contribution in [2.75, 3.05) is 5.73 Å². The molecule has 0 aliphatic heterocycles. The molecule has 82 valence electrons. The van der Waals surface area contributed by atoms with E-state index in [1.165, 1.54) is 0 Å². The van der Waals surface area contributed by atoms with Gasteiger partial charge in [0, 0.05) is 0 Å². The SMILES string of the molecule is Nc1cc(Cc2ccc(O)cc2)ccc1O. The number of phenols is 2. The Balaban J connectivity index is 2.20. The largest absolute Gasteiger partial charge is 0.508 e. The maximum absolute atomic E-state index is 9.29. The number of hydrogen-bond acceptors (Lipinski definition) is 3. The lowest BCUT2D eigenvalue weighted by atomic mass is 10.0. The van der Waals surface area contributed by atoms with Gasteiger partial charge in [-0.15, -0.1) is 0 Å². The molecule has 0 aliphatic carbocycles. The van der Waals surface area contributed by atoms with Crippen molar-refractivity contribution in [1.82, 2.24) is 0 Å². The van der Waals surface area contributed by atoms with Gasteiger partial charge in [-0.2, -0.15) is 0 Å². The van der Waals surface area contributed by atoms with Gasteiger partial charge in [-0.3, -0.25) is 0 Å². The van der Waals surface area contributed by atoms with E-state index in [4.69, 9.17) is 10.8 Å². The summed E-state index contributed by atoms with van der Waals surface area (Å²) in [6.45, 7) is 0. The molecule has 0 heterocycles.